The van der Waals surface area contributed by atoms with Gasteiger partial charge in [-0.3, -0.25) is 4.68 Å². The van der Waals surface area contributed by atoms with Gasteiger partial charge in [-0.05, 0) is 60.2 Å². The molecule has 0 spiro atoms. The van der Waals surface area contributed by atoms with Crippen molar-refractivity contribution in [3.63, 3.8) is 0 Å². The summed E-state index contributed by atoms with van der Waals surface area (Å²) in [5, 5.41) is 11.7. The Morgan fingerprint density at radius 2 is 1.86 bits per heavy atom. The summed E-state index contributed by atoms with van der Waals surface area (Å²) >= 11 is 0. The fourth-order valence-electron chi connectivity index (χ4n) is 5.46. The predicted octanol–water partition coefficient (Wildman–Crippen LogP) is 5.84. The third-order valence-electron chi connectivity index (χ3n) is 7.48. The summed E-state index contributed by atoms with van der Waals surface area (Å²) in [7, 11) is -1.41. The largest absolute Gasteiger partial charge is 0.389 e. The number of nitrogens with one attached hydrogen (secondary N) is 1. The van der Waals surface area contributed by atoms with Crippen LogP contribution in [0, 0.1) is 12.8 Å². The standard InChI is InChI=1S/C29H38F3N7O2Si/c1-20-5-6-23(33-28(40)38-8-7-21(17-38)16-29(30,31)32)15-24(20)22-13-25(26-18-39(36-35-26)19-42(2,3)4)34-27(14-22)37-9-11-41-12-10-37/h5-6,13-15,18,21H,7-12,16-17,19H2,1-4H3,(H,33,40)/t21-/m0/s1. The summed E-state index contributed by atoms with van der Waals surface area (Å²) in [6.07, 6.45) is -1.95. The number of aromatic nitrogens is 4. The zero-order valence-electron chi connectivity index (χ0n) is 24.5. The van der Waals surface area contributed by atoms with Crippen LogP contribution >= 0.6 is 0 Å². The number of nitrogens with zero attached hydrogens (tertiary/aromatic N) is 6. The highest BCUT2D eigenvalue weighted by molar-refractivity contribution is 6.74. The van der Waals surface area contributed by atoms with Crippen LogP contribution in [0.4, 0.5) is 29.5 Å². The van der Waals surface area contributed by atoms with Crippen LogP contribution in [0.1, 0.15) is 18.4 Å². The smallest absolute Gasteiger partial charge is 0.378 e. The van der Waals surface area contributed by atoms with E-state index in [1.54, 1.807) is 0 Å². The predicted molar refractivity (Wildman–Crippen MR) is 159 cm³/mol. The maximum Gasteiger partial charge on any atom is 0.389 e. The lowest BCUT2D eigenvalue weighted by atomic mass is 9.99. The molecule has 2 saturated heterocycles. The second kappa shape index (κ2) is 12.0. The Morgan fingerprint density at radius 3 is 2.57 bits per heavy atom. The van der Waals surface area contributed by atoms with E-state index in [1.165, 1.54) is 4.90 Å². The molecule has 2 aliphatic heterocycles. The number of rotatable bonds is 7. The molecule has 13 heteroatoms. The van der Waals surface area contributed by atoms with Gasteiger partial charge in [0.05, 0.1) is 33.2 Å². The lowest BCUT2D eigenvalue weighted by molar-refractivity contribution is -0.143. The number of pyridine rings is 1. The number of anilines is 2. The lowest BCUT2D eigenvalue weighted by Gasteiger charge is -2.28. The molecule has 2 fully saturated rings. The summed E-state index contributed by atoms with van der Waals surface area (Å²) < 4.78 is 46.0. The van der Waals surface area contributed by atoms with Crippen molar-refractivity contribution < 1.29 is 22.7 Å². The molecule has 0 bridgehead atoms. The van der Waals surface area contributed by atoms with Crippen molar-refractivity contribution in [3.8, 4) is 22.5 Å². The number of morpholine rings is 1. The summed E-state index contributed by atoms with van der Waals surface area (Å²) in [6, 6.07) is 9.28. The fraction of sp³-hybridized carbons (Fsp3) is 0.517. The fourth-order valence-corrected chi connectivity index (χ4v) is 6.59. The molecule has 2 aliphatic rings. The maximum absolute atomic E-state index is 13.0. The zero-order valence-corrected chi connectivity index (χ0v) is 25.5. The quantitative estimate of drug-likeness (QED) is 0.343. The number of likely N-dealkylation sites (tertiary alicyclic amines) is 1. The number of urea groups is 1. The van der Waals surface area contributed by atoms with E-state index >= 15 is 0 Å². The maximum atomic E-state index is 13.0. The van der Waals surface area contributed by atoms with Crippen molar-refractivity contribution in [3.05, 3.63) is 42.1 Å². The number of alkyl halides is 3. The Balaban J connectivity index is 1.42. The minimum Gasteiger partial charge on any atom is -0.378 e. The first-order chi connectivity index (χ1) is 19.8. The normalized spacial score (nSPS) is 18.0. The van der Waals surface area contributed by atoms with Gasteiger partial charge >= 0.3 is 12.2 Å². The van der Waals surface area contributed by atoms with E-state index in [0.717, 1.165) is 41.8 Å². The van der Waals surface area contributed by atoms with Gasteiger partial charge in [-0.2, -0.15) is 13.2 Å². The molecule has 4 heterocycles. The van der Waals surface area contributed by atoms with Crippen LogP contribution in [0.5, 0.6) is 0 Å². The van der Waals surface area contributed by atoms with Crippen LogP contribution in [-0.2, 0) is 10.9 Å². The van der Waals surface area contributed by atoms with Gasteiger partial charge in [0.1, 0.15) is 11.5 Å². The van der Waals surface area contributed by atoms with E-state index in [9.17, 15) is 18.0 Å². The van der Waals surface area contributed by atoms with Crippen molar-refractivity contribution in [2.24, 2.45) is 5.92 Å². The summed E-state index contributed by atoms with van der Waals surface area (Å²) in [6.45, 7) is 11.9. The number of hydrogen-bond donors (Lipinski definition) is 1. The third-order valence-corrected chi connectivity index (χ3v) is 8.75. The van der Waals surface area contributed by atoms with Crippen LogP contribution in [0.2, 0.25) is 19.6 Å². The van der Waals surface area contributed by atoms with Crippen molar-refractivity contribution >= 4 is 25.6 Å². The topological polar surface area (TPSA) is 88.4 Å². The minimum absolute atomic E-state index is 0.0963. The molecule has 0 radical (unpaired) electrons. The summed E-state index contributed by atoms with van der Waals surface area (Å²) in [5.74, 6) is 0.244. The molecule has 2 amide bonds. The lowest BCUT2D eigenvalue weighted by Crippen LogP contribution is -2.36. The van der Waals surface area contributed by atoms with Gasteiger partial charge in [0.15, 0.2) is 0 Å². The highest BCUT2D eigenvalue weighted by atomic mass is 28.3. The molecular formula is C29H38F3N7O2Si. The number of benzene rings is 1. The van der Waals surface area contributed by atoms with Gasteiger partial charge in [-0.25, -0.2) is 9.78 Å². The first kappa shape index (κ1) is 30.0. The van der Waals surface area contributed by atoms with Gasteiger partial charge in [0, 0.05) is 44.5 Å². The zero-order chi connectivity index (χ0) is 30.1. The van der Waals surface area contributed by atoms with Crippen molar-refractivity contribution in [2.75, 3.05) is 49.6 Å². The molecule has 9 nitrogen and oxygen atoms in total. The third kappa shape index (κ3) is 7.68. The highest BCUT2D eigenvalue weighted by Gasteiger charge is 2.36. The molecule has 2 aromatic heterocycles. The minimum atomic E-state index is -4.23. The molecule has 0 saturated carbocycles. The highest BCUT2D eigenvalue weighted by Crippen LogP contribution is 2.34. The Labute approximate surface area is 245 Å². The molecule has 0 aliphatic carbocycles. The first-order valence-electron chi connectivity index (χ1n) is 14.3. The van der Waals surface area contributed by atoms with E-state index in [0.29, 0.717) is 43.3 Å². The van der Waals surface area contributed by atoms with Crippen LogP contribution in [0.15, 0.2) is 36.5 Å². The van der Waals surface area contributed by atoms with Crippen LogP contribution in [0.25, 0.3) is 22.5 Å². The Kier molecular flexibility index (Phi) is 8.60. The van der Waals surface area contributed by atoms with Crippen molar-refractivity contribution in [1.29, 1.82) is 0 Å². The number of ether oxygens (including phenoxy) is 1. The van der Waals surface area contributed by atoms with E-state index in [4.69, 9.17) is 9.72 Å². The average molecular weight is 602 g/mol. The Hall–Kier alpha value is -3.45. The van der Waals surface area contributed by atoms with Gasteiger partial charge in [0.2, 0.25) is 0 Å². The molecule has 42 heavy (non-hydrogen) atoms. The van der Waals surface area contributed by atoms with E-state index in [2.05, 4.69) is 40.2 Å². The second-order valence-corrected chi connectivity index (χ2v) is 17.9. The van der Waals surface area contributed by atoms with Crippen LogP contribution in [0.3, 0.4) is 0 Å². The number of amides is 2. The number of aryl methyl sites for hydroxylation is 1. The van der Waals surface area contributed by atoms with Crippen molar-refractivity contribution in [1.82, 2.24) is 24.9 Å². The number of carbonyl (C=O) groups is 1. The monoisotopic (exact) mass is 601 g/mol. The molecular weight excluding hydrogens is 563 g/mol. The SMILES string of the molecule is Cc1ccc(NC(=O)N2CC[C@@H](CC(F)(F)F)C2)cc1-c1cc(-c2cn(C[Si](C)(C)C)nn2)nc(N2CCOCC2)c1. The second-order valence-electron chi connectivity index (χ2n) is 12.4. The van der Waals surface area contributed by atoms with Crippen LogP contribution < -0.4 is 10.2 Å². The molecule has 3 aromatic rings. The van der Waals surface area contributed by atoms with Gasteiger partial charge < -0.3 is 19.9 Å². The van der Waals surface area contributed by atoms with Gasteiger partial charge in [-0.1, -0.05) is 30.9 Å². The first-order valence-corrected chi connectivity index (χ1v) is 18.0. The summed E-state index contributed by atoms with van der Waals surface area (Å²) in [4.78, 5) is 21.6. The van der Waals surface area contributed by atoms with Gasteiger partial charge in [0.25, 0.3) is 0 Å². The molecule has 1 N–H and O–H groups in total. The number of carbonyl (C=O) groups excluding carboxylic acids is 1. The van der Waals surface area contributed by atoms with E-state index < -0.39 is 32.6 Å². The molecule has 1 aromatic carbocycles. The van der Waals surface area contributed by atoms with Crippen LogP contribution in [-0.4, -0.2) is 84.6 Å². The number of hydrogen-bond acceptors (Lipinski definition) is 6. The molecule has 226 valence electrons. The molecule has 5 rings (SSSR count). The Bertz CT molecular complexity index is 1420. The van der Waals surface area contributed by atoms with E-state index in [1.807, 2.05) is 48.1 Å². The van der Waals surface area contributed by atoms with E-state index in [-0.39, 0.29) is 6.54 Å². The molecule has 0 unspecified atom stereocenters. The molecule has 1 atom stereocenters. The average Bonchev–Trinajstić information content (AvgIpc) is 3.58. The summed E-state index contributed by atoms with van der Waals surface area (Å²) in [5.41, 5.74) is 4.81. The number of halogens is 3. The Morgan fingerprint density at radius 1 is 1.10 bits per heavy atom. The van der Waals surface area contributed by atoms with Gasteiger partial charge in [-0.15, -0.1) is 5.10 Å². The van der Waals surface area contributed by atoms with Crippen molar-refractivity contribution in [2.45, 2.75) is 51.8 Å².